The van der Waals surface area contributed by atoms with Crippen molar-refractivity contribution in [3.8, 4) is 22.3 Å². The number of rotatable bonds is 5. The van der Waals surface area contributed by atoms with Crippen LogP contribution in [0.25, 0.3) is 75.1 Å². The SMILES string of the molecule is c1ccc(-c2cccc3c2oc2cc(N(c4ccc(-c5ccc6ccccc6c5)cc4)c4cccc5c4sc4ccccc45)ccc23)cc1. The number of furan rings is 1. The van der Waals surface area contributed by atoms with E-state index in [1.807, 2.05) is 11.3 Å². The van der Waals surface area contributed by atoms with Crippen molar-refractivity contribution in [1.29, 1.82) is 0 Å². The Morgan fingerprint density at radius 2 is 1.14 bits per heavy atom. The van der Waals surface area contributed by atoms with E-state index in [0.717, 1.165) is 50.1 Å². The van der Waals surface area contributed by atoms with Gasteiger partial charge in [0.2, 0.25) is 0 Å². The Bertz CT molecular complexity index is 2830. The fourth-order valence-electron chi connectivity index (χ4n) is 7.28. The molecule has 0 saturated heterocycles. The van der Waals surface area contributed by atoms with E-state index in [1.54, 1.807) is 0 Å². The Hall–Kier alpha value is -6.16. The van der Waals surface area contributed by atoms with Crippen molar-refractivity contribution in [1.82, 2.24) is 0 Å². The maximum Gasteiger partial charge on any atom is 0.143 e. The molecule has 0 N–H and O–H groups in total. The molecule has 0 atom stereocenters. The van der Waals surface area contributed by atoms with Crippen LogP contribution in [0.2, 0.25) is 0 Å². The van der Waals surface area contributed by atoms with E-state index in [9.17, 15) is 0 Å². The van der Waals surface area contributed by atoms with Gasteiger partial charge in [-0.25, -0.2) is 0 Å². The van der Waals surface area contributed by atoms with Crippen LogP contribution in [-0.4, -0.2) is 0 Å². The molecular formula is C46H29NOS. The van der Waals surface area contributed by atoms with Crippen LogP contribution in [0.1, 0.15) is 0 Å². The summed E-state index contributed by atoms with van der Waals surface area (Å²) in [6, 6.07) is 63.1. The number of hydrogen-bond donors (Lipinski definition) is 0. The molecule has 0 unspecified atom stereocenters. The molecule has 230 valence electrons. The van der Waals surface area contributed by atoms with Gasteiger partial charge in [-0.1, -0.05) is 127 Å². The number of hydrogen-bond acceptors (Lipinski definition) is 3. The third kappa shape index (κ3) is 4.62. The van der Waals surface area contributed by atoms with Crippen LogP contribution in [-0.2, 0) is 0 Å². The van der Waals surface area contributed by atoms with Gasteiger partial charge in [-0.15, -0.1) is 11.3 Å². The number of thiophene rings is 1. The number of nitrogens with zero attached hydrogens (tertiary/aromatic N) is 1. The normalized spacial score (nSPS) is 11.7. The monoisotopic (exact) mass is 643 g/mol. The Morgan fingerprint density at radius 3 is 2.04 bits per heavy atom. The first-order valence-corrected chi connectivity index (χ1v) is 17.4. The zero-order valence-corrected chi connectivity index (χ0v) is 27.3. The van der Waals surface area contributed by atoms with Crippen molar-refractivity contribution < 1.29 is 4.42 Å². The van der Waals surface area contributed by atoms with Crippen molar-refractivity contribution in [2.24, 2.45) is 0 Å². The molecule has 2 nitrogen and oxygen atoms in total. The molecule has 10 rings (SSSR count). The quantitative estimate of drug-likeness (QED) is 0.186. The van der Waals surface area contributed by atoms with E-state index in [-0.39, 0.29) is 0 Å². The molecule has 10 aromatic rings. The van der Waals surface area contributed by atoms with Crippen LogP contribution in [0.4, 0.5) is 17.1 Å². The first kappa shape index (κ1) is 27.9. The second kappa shape index (κ2) is 11.2. The van der Waals surface area contributed by atoms with Crippen molar-refractivity contribution in [2.45, 2.75) is 0 Å². The number of fused-ring (bicyclic) bond motifs is 7. The molecule has 0 radical (unpaired) electrons. The molecule has 0 aliphatic carbocycles. The fraction of sp³-hybridized carbons (Fsp3) is 0. The van der Waals surface area contributed by atoms with Crippen molar-refractivity contribution >= 4 is 81.3 Å². The first-order valence-electron chi connectivity index (χ1n) is 16.6. The van der Waals surface area contributed by atoms with Crippen LogP contribution in [0.15, 0.2) is 180 Å². The van der Waals surface area contributed by atoms with Gasteiger partial charge < -0.3 is 9.32 Å². The summed E-state index contributed by atoms with van der Waals surface area (Å²) in [6.07, 6.45) is 0. The lowest BCUT2D eigenvalue weighted by molar-refractivity contribution is 0.670. The van der Waals surface area contributed by atoms with E-state index in [1.165, 1.54) is 42.1 Å². The van der Waals surface area contributed by atoms with Gasteiger partial charge in [-0.3, -0.25) is 0 Å². The van der Waals surface area contributed by atoms with Crippen LogP contribution in [0.5, 0.6) is 0 Å². The number of anilines is 3. The van der Waals surface area contributed by atoms with E-state index < -0.39 is 0 Å². The fourth-order valence-corrected chi connectivity index (χ4v) is 8.48. The third-order valence-corrected chi connectivity index (χ3v) is 10.9. The smallest absolute Gasteiger partial charge is 0.143 e. The first-order chi connectivity index (χ1) is 24.3. The molecule has 0 fully saturated rings. The molecule has 49 heavy (non-hydrogen) atoms. The van der Waals surface area contributed by atoms with Gasteiger partial charge in [0.05, 0.1) is 10.4 Å². The average molecular weight is 644 g/mol. The lowest BCUT2D eigenvalue weighted by Crippen LogP contribution is -2.10. The maximum absolute atomic E-state index is 6.72. The van der Waals surface area contributed by atoms with Gasteiger partial charge in [-0.2, -0.15) is 0 Å². The van der Waals surface area contributed by atoms with Crippen LogP contribution < -0.4 is 4.90 Å². The molecule has 0 spiro atoms. The highest BCUT2D eigenvalue weighted by molar-refractivity contribution is 7.26. The maximum atomic E-state index is 6.72. The van der Waals surface area contributed by atoms with Gasteiger partial charge >= 0.3 is 0 Å². The molecular weight excluding hydrogens is 615 g/mol. The van der Waals surface area contributed by atoms with Gasteiger partial charge in [0.1, 0.15) is 11.2 Å². The summed E-state index contributed by atoms with van der Waals surface area (Å²) >= 11 is 1.85. The molecule has 0 bridgehead atoms. The standard InChI is InChI=1S/C46H29NOS/c1-2-11-32(12-3-1)37-15-8-16-40-38-27-26-36(29-43(38)48-45(37)40)47(42-18-9-17-41-39-14-6-7-19-44(39)49-46(41)42)35-24-22-31(23-25-35)34-21-20-30-10-4-5-13-33(30)28-34/h1-29H. The largest absolute Gasteiger partial charge is 0.455 e. The summed E-state index contributed by atoms with van der Waals surface area (Å²) in [6.45, 7) is 0. The van der Waals surface area contributed by atoms with Gasteiger partial charge in [0, 0.05) is 49.2 Å². The van der Waals surface area contributed by atoms with Crippen LogP contribution in [0, 0.1) is 0 Å². The van der Waals surface area contributed by atoms with Crippen molar-refractivity contribution in [3.63, 3.8) is 0 Å². The number of benzene rings is 8. The van der Waals surface area contributed by atoms with Crippen molar-refractivity contribution in [2.75, 3.05) is 4.90 Å². The van der Waals surface area contributed by atoms with Crippen LogP contribution in [0.3, 0.4) is 0 Å². The highest BCUT2D eigenvalue weighted by atomic mass is 32.1. The summed E-state index contributed by atoms with van der Waals surface area (Å²) < 4.78 is 9.28. The highest BCUT2D eigenvalue weighted by Crippen LogP contribution is 2.46. The molecule has 2 heterocycles. The minimum Gasteiger partial charge on any atom is -0.455 e. The molecule has 0 saturated carbocycles. The zero-order valence-electron chi connectivity index (χ0n) is 26.5. The van der Waals surface area contributed by atoms with Crippen molar-refractivity contribution in [3.05, 3.63) is 176 Å². The van der Waals surface area contributed by atoms with E-state index >= 15 is 0 Å². The molecule has 0 amide bonds. The second-order valence-electron chi connectivity index (χ2n) is 12.5. The highest BCUT2D eigenvalue weighted by Gasteiger charge is 2.20. The van der Waals surface area contributed by atoms with Gasteiger partial charge in [0.15, 0.2) is 0 Å². The molecule has 0 aliphatic rings. The Balaban J connectivity index is 1.15. The van der Waals surface area contributed by atoms with Gasteiger partial charge in [-0.05, 0) is 69.9 Å². The lowest BCUT2D eigenvalue weighted by Gasteiger charge is -2.26. The Morgan fingerprint density at radius 1 is 0.429 bits per heavy atom. The minimum absolute atomic E-state index is 0.872. The molecule has 0 aliphatic heterocycles. The summed E-state index contributed by atoms with van der Waals surface area (Å²) in [5.41, 5.74) is 9.74. The minimum atomic E-state index is 0.872. The van der Waals surface area contributed by atoms with Crippen LogP contribution >= 0.6 is 11.3 Å². The molecule has 8 aromatic carbocycles. The van der Waals surface area contributed by atoms with E-state index in [0.29, 0.717) is 0 Å². The van der Waals surface area contributed by atoms with E-state index in [4.69, 9.17) is 4.42 Å². The Kier molecular flexibility index (Phi) is 6.39. The summed E-state index contributed by atoms with van der Waals surface area (Å²) in [5.74, 6) is 0. The average Bonchev–Trinajstić information content (AvgIpc) is 3.74. The zero-order chi connectivity index (χ0) is 32.3. The molecule has 3 heteroatoms. The second-order valence-corrected chi connectivity index (χ2v) is 13.6. The predicted molar refractivity (Wildman–Crippen MR) is 210 cm³/mol. The topological polar surface area (TPSA) is 16.4 Å². The summed E-state index contributed by atoms with van der Waals surface area (Å²) in [7, 11) is 0. The summed E-state index contributed by atoms with van der Waals surface area (Å²) in [4.78, 5) is 2.38. The lowest BCUT2D eigenvalue weighted by atomic mass is 10.0. The summed E-state index contributed by atoms with van der Waals surface area (Å²) in [5, 5.41) is 7.30. The third-order valence-electron chi connectivity index (χ3n) is 9.66. The Labute approximate surface area is 287 Å². The van der Waals surface area contributed by atoms with Gasteiger partial charge in [0.25, 0.3) is 0 Å². The van der Waals surface area contributed by atoms with E-state index in [2.05, 4.69) is 181 Å². The predicted octanol–water partition coefficient (Wildman–Crippen LogP) is 13.9. The number of para-hydroxylation sites is 1. The molecule has 2 aromatic heterocycles.